The zero-order chi connectivity index (χ0) is 31.5. The highest BCUT2D eigenvalue weighted by Crippen LogP contribution is 2.30. The number of benzene rings is 2. The molecule has 0 atom stereocenters. The number of hydrogen-bond donors (Lipinski definition) is 1. The van der Waals surface area contributed by atoms with Gasteiger partial charge in [-0.3, -0.25) is 14.3 Å². The van der Waals surface area contributed by atoms with Gasteiger partial charge in [0.15, 0.2) is 0 Å². The molecule has 0 fully saturated rings. The van der Waals surface area contributed by atoms with Gasteiger partial charge in [-0.1, -0.05) is 24.3 Å². The average molecular weight is 703 g/mol. The van der Waals surface area contributed by atoms with Crippen LogP contribution in [-0.2, 0) is 34.2 Å². The second-order valence-electron chi connectivity index (χ2n) is 12.2. The van der Waals surface area contributed by atoms with Gasteiger partial charge in [0.05, 0.1) is 18.6 Å². The summed E-state index contributed by atoms with van der Waals surface area (Å²) in [5, 5.41) is 8.51. The molecule has 1 aromatic heterocycles. The van der Waals surface area contributed by atoms with Gasteiger partial charge in [-0.2, -0.15) is 5.10 Å². The molecule has 1 heterocycles. The number of amides is 3. The molecule has 0 unspecified atom stereocenters. The minimum atomic E-state index is -0.597. The van der Waals surface area contributed by atoms with Gasteiger partial charge in [0.2, 0.25) is 11.8 Å². The van der Waals surface area contributed by atoms with Gasteiger partial charge in [-0.05, 0) is 98.9 Å². The first-order valence-corrected chi connectivity index (χ1v) is 15.8. The number of carbonyl (C=O) groups is 3. The number of nitrogens with one attached hydrogen (secondary N) is 1. The van der Waals surface area contributed by atoms with Crippen molar-refractivity contribution in [3.63, 3.8) is 0 Å². The third-order valence-electron chi connectivity index (χ3n) is 7.83. The summed E-state index contributed by atoms with van der Waals surface area (Å²) >= 11 is 2.22. The monoisotopic (exact) mass is 702 g/mol. The van der Waals surface area contributed by atoms with Crippen LogP contribution in [0.3, 0.4) is 0 Å². The first-order valence-electron chi connectivity index (χ1n) is 14.7. The molecule has 43 heavy (non-hydrogen) atoms. The van der Waals surface area contributed by atoms with Gasteiger partial charge in [-0.15, -0.1) is 0 Å². The van der Waals surface area contributed by atoms with Crippen molar-refractivity contribution >= 4 is 57.1 Å². The molecule has 10 nitrogen and oxygen atoms in total. The van der Waals surface area contributed by atoms with Crippen molar-refractivity contribution in [2.45, 2.75) is 59.1 Å². The van der Waals surface area contributed by atoms with Crippen molar-refractivity contribution < 1.29 is 19.1 Å². The summed E-state index contributed by atoms with van der Waals surface area (Å²) in [6.45, 7) is 10.4. The molecule has 1 aliphatic carbocycles. The van der Waals surface area contributed by atoms with Crippen LogP contribution in [0.25, 0.3) is 10.9 Å². The van der Waals surface area contributed by atoms with E-state index >= 15 is 0 Å². The number of nitrogens with zero attached hydrogens (tertiary/aromatic N) is 5. The molecule has 4 rings (SSSR count). The minimum Gasteiger partial charge on any atom is -0.444 e. The van der Waals surface area contributed by atoms with Crippen molar-refractivity contribution in [1.82, 2.24) is 24.9 Å². The molecule has 0 saturated heterocycles. The maximum absolute atomic E-state index is 13.7. The van der Waals surface area contributed by atoms with E-state index in [9.17, 15) is 14.4 Å². The number of anilines is 1. The number of aromatic nitrogens is 2. The molecule has 0 bridgehead atoms. The van der Waals surface area contributed by atoms with E-state index in [1.807, 2.05) is 81.4 Å². The Morgan fingerprint density at radius 2 is 1.77 bits per heavy atom. The summed E-state index contributed by atoms with van der Waals surface area (Å²) in [7, 11) is 3.74. The van der Waals surface area contributed by atoms with Crippen LogP contribution in [0.1, 0.15) is 44.4 Å². The van der Waals surface area contributed by atoms with Crippen LogP contribution in [-0.4, -0.2) is 88.9 Å². The Labute approximate surface area is 267 Å². The molecule has 0 aliphatic heterocycles. The maximum atomic E-state index is 13.7. The molecule has 0 spiro atoms. The summed E-state index contributed by atoms with van der Waals surface area (Å²) in [5.74, 6) is -0.283. The zero-order valence-corrected chi connectivity index (χ0v) is 28.4. The molecule has 0 saturated carbocycles. The molecule has 3 amide bonds. The van der Waals surface area contributed by atoms with E-state index in [4.69, 9.17) is 4.74 Å². The largest absolute Gasteiger partial charge is 0.444 e. The zero-order valence-electron chi connectivity index (χ0n) is 26.2. The smallest absolute Gasteiger partial charge is 0.410 e. The Balaban J connectivity index is 1.49. The molecule has 11 heteroatoms. The minimum absolute atomic E-state index is 0.00960. The number of likely N-dealkylation sites (N-methyl/N-ethyl adjacent to an activating group) is 2. The van der Waals surface area contributed by atoms with Crippen LogP contribution in [0.4, 0.5) is 10.5 Å². The van der Waals surface area contributed by atoms with Gasteiger partial charge in [0, 0.05) is 50.8 Å². The molecule has 232 valence electrons. The van der Waals surface area contributed by atoms with Crippen molar-refractivity contribution in [3.8, 4) is 0 Å². The Bertz CT molecular complexity index is 1470. The number of hydrogen-bond acceptors (Lipinski definition) is 6. The summed E-state index contributed by atoms with van der Waals surface area (Å²) in [4.78, 5) is 44.7. The van der Waals surface area contributed by atoms with Crippen molar-refractivity contribution in [2.75, 3.05) is 44.7 Å². The lowest BCUT2D eigenvalue weighted by Gasteiger charge is -2.30. The fourth-order valence-electron chi connectivity index (χ4n) is 5.48. The fraction of sp³-hybridized carbons (Fsp3) is 0.500. The Morgan fingerprint density at radius 3 is 2.37 bits per heavy atom. The summed E-state index contributed by atoms with van der Waals surface area (Å²) in [6.07, 6.45) is 1.23. The first kappa shape index (κ1) is 32.6. The van der Waals surface area contributed by atoms with E-state index in [-0.39, 0.29) is 37.5 Å². The van der Waals surface area contributed by atoms with E-state index in [2.05, 4.69) is 51.2 Å². The van der Waals surface area contributed by atoms with Crippen molar-refractivity contribution in [2.24, 2.45) is 7.05 Å². The molecule has 1 N–H and O–H groups in total. The van der Waals surface area contributed by atoms with E-state index in [0.717, 1.165) is 38.7 Å². The lowest BCUT2D eigenvalue weighted by molar-refractivity contribution is -0.130. The predicted molar refractivity (Wildman–Crippen MR) is 177 cm³/mol. The third-order valence-corrected chi connectivity index (χ3v) is 8.63. The topological polar surface area (TPSA) is 100 Å². The van der Waals surface area contributed by atoms with Crippen LogP contribution in [0.15, 0.2) is 36.4 Å². The van der Waals surface area contributed by atoms with Crippen molar-refractivity contribution in [3.05, 3.63) is 56.8 Å². The van der Waals surface area contributed by atoms with Gasteiger partial charge in [0.25, 0.3) is 0 Å². The molecule has 2 aromatic carbocycles. The Kier molecular flexibility index (Phi) is 10.2. The Morgan fingerprint density at radius 1 is 1.12 bits per heavy atom. The van der Waals surface area contributed by atoms with Crippen LogP contribution in [0.2, 0.25) is 0 Å². The van der Waals surface area contributed by atoms with Crippen LogP contribution in [0.5, 0.6) is 0 Å². The molecule has 3 aromatic rings. The second kappa shape index (κ2) is 13.5. The lowest BCUT2D eigenvalue weighted by Crippen LogP contribution is -2.47. The van der Waals surface area contributed by atoms with Gasteiger partial charge in [0.1, 0.15) is 9.30 Å². The normalized spacial score (nSPS) is 13.1. The molecule has 1 aliphatic rings. The van der Waals surface area contributed by atoms with Crippen LogP contribution < -0.4 is 10.2 Å². The number of carbonyl (C=O) groups excluding carboxylic acids is 3. The second-order valence-corrected chi connectivity index (χ2v) is 13.2. The highest BCUT2D eigenvalue weighted by Gasteiger charge is 2.29. The molecule has 0 radical (unpaired) electrons. The van der Waals surface area contributed by atoms with E-state index in [0.29, 0.717) is 13.1 Å². The summed E-state index contributed by atoms with van der Waals surface area (Å²) in [5.41, 5.74) is 4.66. The van der Waals surface area contributed by atoms with Crippen LogP contribution in [0, 0.1) is 10.6 Å². The molecular formula is C32H43IN6O4. The summed E-state index contributed by atoms with van der Waals surface area (Å²) < 4.78 is 8.19. The van der Waals surface area contributed by atoms with Crippen molar-refractivity contribution in [1.29, 1.82) is 0 Å². The lowest BCUT2D eigenvalue weighted by atomic mass is 10.1. The van der Waals surface area contributed by atoms with Gasteiger partial charge >= 0.3 is 6.09 Å². The number of halogens is 1. The number of ether oxygens (including phenoxy) is 1. The average Bonchev–Trinajstić information content (AvgIpc) is 3.48. The number of rotatable bonds is 10. The maximum Gasteiger partial charge on any atom is 0.410 e. The highest BCUT2D eigenvalue weighted by molar-refractivity contribution is 14.1. The van der Waals surface area contributed by atoms with E-state index < -0.39 is 11.7 Å². The first-order chi connectivity index (χ1) is 20.3. The fourth-order valence-corrected chi connectivity index (χ4v) is 6.23. The van der Waals surface area contributed by atoms with Crippen LogP contribution >= 0.6 is 22.6 Å². The Hall–Kier alpha value is -3.35. The highest BCUT2D eigenvalue weighted by atomic mass is 127. The number of aryl methyl sites for hydroxylation is 2. The van der Waals surface area contributed by atoms with E-state index in [1.54, 1.807) is 4.90 Å². The predicted octanol–water partition coefficient (Wildman–Crippen LogP) is 4.29. The van der Waals surface area contributed by atoms with Gasteiger partial charge < -0.3 is 24.8 Å². The number of fused-ring (bicyclic) bond motifs is 2. The quantitative estimate of drug-likeness (QED) is 0.317. The molecular weight excluding hydrogens is 659 g/mol. The SMILES string of the molecule is CCN(CCNC(=O)CN(CC(=O)N(C)C1Cc2ccccc2C1)c1cc2c(cc1C)c(I)nn2C)C(=O)OC(C)(C)C. The van der Waals surface area contributed by atoms with E-state index in [1.165, 1.54) is 11.1 Å². The van der Waals surface area contributed by atoms with Gasteiger partial charge in [-0.25, -0.2) is 4.79 Å². The third kappa shape index (κ3) is 7.98. The standard InChI is InChI=1S/C32H43IN6O4/c1-8-38(31(42)43-32(3,4)5)14-13-34-28(40)19-39(26-18-27-25(15-21(26)2)30(33)35-37(27)7)20-29(41)36(6)24-16-22-11-9-10-12-23(22)17-24/h9-12,15,18,24H,8,13-14,16-17,19-20H2,1-7H3,(H,34,40). The summed E-state index contributed by atoms with van der Waals surface area (Å²) in [6, 6.07) is 12.5.